The first-order valence-electron chi connectivity index (χ1n) is 37.4. The van der Waals surface area contributed by atoms with Crippen molar-refractivity contribution in [3.63, 3.8) is 0 Å². The molecule has 0 aromatic carbocycles. The van der Waals surface area contributed by atoms with Crippen molar-refractivity contribution in [2.45, 2.75) is 410 Å². The zero-order valence-corrected chi connectivity index (χ0v) is 56.9. The van der Waals surface area contributed by atoms with Crippen LogP contribution in [0.15, 0.2) is 48.6 Å². The summed E-state index contributed by atoms with van der Waals surface area (Å²) >= 11 is 0. The van der Waals surface area contributed by atoms with E-state index in [9.17, 15) is 35.1 Å². The van der Waals surface area contributed by atoms with Crippen LogP contribution in [0.3, 0.4) is 0 Å². The van der Waals surface area contributed by atoms with E-state index >= 15 is 0 Å². The molecule has 1 saturated heterocycles. The van der Waals surface area contributed by atoms with Crippen molar-refractivity contribution in [3.8, 4) is 0 Å². The molecule has 11 heteroatoms. The fraction of sp³-hybridized carbons (Fsp3) is 0.868. The predicted octanol–water partition coefficient (Wildman–Crippen LogP) is 19.5. The normalized spacial score (nSPS) is 18.5. The summed E-state index contributed by atoms with van der Waals surface area (Å²) in [5.74, 6) is -1.18. The van der Waals surface area contributed by atoms with Gasteiger partial charge in [-0.25, -0.2) is 0 Å². The van der Waals surface area contributed by atoms with Gasteiger partial charge in [-0.2, -0.15) is 0 Å². The van der Waals surface area contributed by atoms with Crippen LogP contribution in [0.25, 0.3) is 0 Å². The number of hydrogen-bond acceptors (Lipinski definition) is 10. The minimum absolute atomic E-state index is 0.125. The average Bonchev–Trinajstić information content (AvgIpc) is 2.93. The van der Waals surface area contributed by atoms with Gasteiger partial charge < -0.3 is 45.1 Å². The molecule has 1 fully saturated rings. The summed E-state index contributed by atoms with van der Waals surface area (Å²) in [7, 11) is 0. The Morgan fingerprint density at radius 1 is 0.448 bits per heavy atom. The molecule has 0 radical (unpaired) electrons. The van der Waals surface area contributed by atoms with Gasteiger partial charge in [-0.1, -0.05) is 339 Å². The van der Waals surface area contributed by atoms with Gasteiger partial charge in [-0.05, 0) is 64.2 Å². The number of aliphatic hydroxyl groups excluding tert-OH is 5. The first kappa shape index (κ1) is 82.6. The minimum Gasteiger partial charge on any atom is -0.454 e. The van der Waals surface area contributed by atoms with Crippen molar-refractivity contribution in [2.75, 3.05) is 13.2 Å². The zero-order chi connectivity index (χ0) is 63.1. The number of nitrogens with one attached hydrogen (secondary N) is 1. The molecule has 6 N–H and O–H groups in total. The fourth-order valence-corrected chi connectivity index (χ4v) is 11.8. The molecule has 0 saturated carbocycles. The van der Waals surface area contributed by atoms with E-state index in [4.69, 9.17) is 14.2 Å². The number of carbonyl (C=O) groups is 2. The van der Waals surface area contributed by atoms with E-state index in [1.807, 2.05) is 6.08 Å². The Hall–Kier alpha value is -2.38. The smallest absolute Gasteiger partial charge is 0.306 e. The van der Waals surface area contributed by atoms with Crippen LogP contribution in [-0.2, 0) is 23.8 Å². The highest BCUT2D eigenvalue weighted by atomic mass is 16.7. The summed E-state index contributed by atoms with van der Waals surface area (Å²) in [5.41, 5.74) is 0. The summed E-state index contributed by atoms with van der Waals surface area (Å²) in [4.78, 5) is 26.7. The summed E-state index contributed by atoms with van der Waals surface area (Å²) in [5, 5.41) is 57.3. The molecule has 1 aliphatic rings. The third kappa shape index (κ3) is 50.9. The van der Waals surface area contributed by atoms with Gasteiger partial charge in [0, 0.05) is 6.42 Å². The standard InChI is InChI=1S/C76H141NO10/c1-4-7-10-13-16-19-22-24-26-28-30-32-33-34-35-36-37-38-40-42-44-46-49-52-55-58-61-64-71(81)87-74-73(83)72(82)70(65-78)86-76(74)85-66-67(68(79)62-59-56-53-50-47-21-18-15-12-9-6-3)77-75(84)69(80)63-60-57-54-51-48-45-43-41-39-31-29-27-25-23-20-17-14-11-8-5-2/h16,19,24,26,30,32,59,62,67-70,72-74,76,78-80,82-83H,4-15,17-18,20-23,25,27-29,31,33-58,60-61,63-66H2,1-3H3,(H,77,84)/b19-16-,26-24-,32-30-,62-59+. The number of ether oxygens (including phenoxy) is 3. The molecule has 0 spiro atoms. The quantitative estimate of drug-likeness (QED) is 0.0195. The minimum atomic E-state index is -1.61. The van der Waals surface area contributed by atoms with Gasteiger partial charge in [0.1, 0.15) is 24.4 Å². The highest BCUT2D eigenvalue weighted by Gasteiger charge is 2.47. The van der Waals surface area contributed by atoms with Gasteiger partial charge in [-0.3, -0.25) is 9.59 Å². The van der Waals surface area contributed by atoms with Gasteiger partial charge in [0.15, 0.2) is 12.4 Å². The molecule has 1 heterocycles. The molecular weight excluding hydrogens is 1090 g/mol. The third-order valence-corrected chi connectivity index (χ3v) is 17.7. The summed E-state index contributed by atoms with van der Waals surface area (Å²) in [6.45, 7) is 5.81. The van der Waals surface area contributed by atoms with Crippen LogP contribution in [0.2, 0.25) is 0 Å². The lowest BCUT2D eigenvalue weighted by atomic mass is 9.99. The molecular formula is C76H141NO10. The maximum absolute atomic E-state index is 13.5. The topological polar surface area (TPSA) is 175 Å². The SMILES string of the molecule is CCCCC/C=C\C/C=C\C/C=C\CCCCCCCCCCCCCCCCC(=O)OC1C(OCC(NC(=O)C(O)CCCCCCCCCCCCCCCCCCCCCC)C(O)/C=C/CCCCCCCCCCC)OC(CO)C(O)C1O. The molecule has 510 valence electrons. The molecule has 0 aromatic rings. The molecule has 0 bridgehead atoms. The monoisotopic (exact) mass is 1230 g/mol. The second kappa shape index (κ2) is 63.8. The fourth-order valence-electron chi connectivity index (χ4n) is 11.8. The van der Waals surface area contributed by atoms with Gasteiger partial charge in [0.2, 0.25) is 5.91 Å². The Kier molecular flexibility index (Phi) is 60.6. The van der Waals surface area contributed by atoms with Gasteiger partial charge in [-0.15, -0.1) is 0 Å². The number of esters is 1. The predicted molar refractivity (Wildman–Crippen MR) is 366 cm³/mol. The largest absolute Gasteiger partial charge is 0.454 e. The molecule has 87 heavy (non-hydrogen) atoms. The number of unbranched alkanes of at least 4 members (excludes halogenated alkanes) is 45. The first-order chi connectivity index (χ1) is 42.7. The molecule has 1 amide bonds. The van der Waals surface area contributed by atoms with Crippen LogP contribution < -0.4 is 5.32 Å². The van der Waals surface area contributed by atoms with Crippen molar-refractivity contribution < 1.29 is 49.3 Å². The Morgan fingerprint density at radius 3 is 1.21 bits per heavy atom. The molecule has 1 rings (SSSR count). The second-order valence-corrected chi connectivity index (χ2v) is 26.0. The van der Waals surface area contributed by atoms with Crippen molar-refractivity contribution >= 4 is 11.9 Å². The maximum Gasteiger partial charge on any atom is 0.306 e. The van der Waals surface area contributed by atoms with Crippen LogP contribution >= 0.6 is 0 Å². The van der Waals surface area contributed by atoms with E-state index in [0.29, 0.717) is 19.3 Å². The molecule has 8 atom stereocenters. The van der Waals surface area contributed by atoms with E-state index in [0.717, 1.165) is 70.6 Å². The molecule has 8 unspecified atom stereocenters. The second-order valence-electron chi connectivity index (χ2n) is 26.0. The van der Waals surface area contributed by atoms with Gasteiger partial charge in [0.05, 0.1) is 25.4 Å². The van der Waals surface area contributed by atoms with Gasteiger partial charge in [0.25, 0.3) is 0 Å². The Bertz CT molecular complexity index is 1600. The summed E-state index contributed by atoms with van der Waals surface area (Å²) in [6, 6.07) is -1.02. The molecule has 11 nitrogen and oxygen atoms in total. The zero-order valence-electron chi connectivity index (χ0n) is 56.9. The molecule has 1 aliphatic heterocycles. The lowest BCUT2D eigenvalue weighted by Crippen LogP contribution is -2.61. The van der Waals surface area contributed by atoms with Crippen molar-refractivity contribution in [2.24, 2.45) is 0 Å². The first-order valence-corrected chi connectivity index (χ1v) is 37.4. The number of amides is 1. The molecule has 0 aromatic heterocycles. The molecule has 0 aliphatic carbocycles. The Balaban J connectivity index is 2.50. The van der Waals surface area contributed by atoms with Crippen LogP contribution in [0.4, 0.5) is 0 Å². The lowest BCUT2D eigenvalue weighted by molar-refractivity contribution is -0.305. The Morgan fingerprint density at radius 2 is 0.793 bits per heavy atom. The average molecular weight is 1230 g/mol. The number of carbonyl (C=O) groups excluding carboxylic acids is 2. The van der Waals surface area contributed by atoms with Gasteiger partial charge >= 0.3 is 5.97 Å². The summed E-state index contributed by atoms with van der Waals surface area (Å²) in [6.07, 6.45) is 70.2. The van der Waals surface area contributed by atoms with E-state index in [2.05, 4.69) is 62.5 Å². The Labute approximate surface area is 536 Å². The van der Waals surface area contributed by atoms with Crippen LogP contribution in [0, 0.1) is 0 Å². The number of hydrogen-bond donors (Lipinski definition) is 6. The van der Waals surface area contributed by atoms with E-state index in [1.165, 1.54) is 244 Å². The van der Waals surface area contributed by atoms with E-state index in [1.54, 1.807) is 6.08 Å². The highest BCUT2D eigenvalue weighted by Crippen LogP contribution is 2.27. The van der Waals surface area contributed by atoms with E-state index < -0.39 is 67.4 Å². The number of rotatable bonds is 65. The van der Waals surface area contributed by atoms with E-state index in [-0.39, 0.29) is 13.0 Å². The van der Waals surface area contributed by atoms with Crippen molar-refractivity contribution in [1.29, 1.82) is 0 Å². The number of allylic oxidation sites excluding steroid dienone is 7. The van der Waals surface area contributed by atoms with Crippen LogP contribution in [0.5, 0.6) is 0 Å². The van der Waals surface area contributed by atoms with Crippen LogP contribution in [0.1, 0.15) is 361 Å². The summed E-state index contributed by atoms with van der Waals surface area (Å²) < 4.78 is 17.7. The van der Waals surface area contributed by atoms with Crippen molar-refractivity contribution in [3.05, 3.63) is 48.6 Å². The third-order valence-electron chi connectivity index (χ3n) is 17.7. The lowest BCUT2D eigenvalue weighted by Gasteiger charge is -2.41. The maximum atomic E-state index is 13.5. The van der Waals surface area contributed by atoms with Crippen LogP contribution in [-0.4, -0.2) is 99.6 Å². The van der Waals surface area contributed by atoms with Crippen molar-refractivity contribution in [1.82, 2.24) is 5.32 Å². The number of aliphatic hydroxyl groups is 5. The highest BCUT2D eigenvalue weighted by molar-refractivity contribution is 5.80.